The summed E-state index contributed by atoms with van der Waals surface area (Å²) < 4.78 is 0. The van der Waals surface area contributed by atoms with E-state index in [1.54, 1.807) is 0 Å². The number of piperazine rings is 1. The van der Waals surface area contributed by atoms with Crippen molar-refractivity contribution in [2.45, 2.75) is 46.1 Å². The molecule has 1 atom stereocenters. The largest absolute Gasteiger partial charge is 0.480 e. The molecule has 1 fully saturated rings. The minimum absolute atomic E-state index is 0.0831. The Morgan fingerprint density at radius 2 is 1.62 bits per heavy atom. The highest BCUT2D eigenvalue weighted by Crippen LogP contribution is 2.27. The summed E-state index contributed by atoms with van der Waals surface area (Å²) in [4.78, 5) is 16.4. The number of carboxylic acids is 1. The quantitative estimate of drug-likeness (QED) is 0.898. The summed E-state index contributed by atoms with van der Waals surface area (Å²) in [6.45, 7) is 15.6. The molecule has 0 saturated carbocycles. The van der Waals surface area contributed by atoms with Gasteiger partial charge in [0.05, 0.1) is 0 Å². The zero-order valence-corrected chi connectivity index (χ0v) is 15.7. The van der Waals surface area contributed by atoms with Crippen LogP contribution in [0.3, 0.4) is 0 Å². The maximum Gasteiger partial charge on any atom is 0.325 e. The first-order valence-electron chi connectivity index (χ1n) is 8.98. The lowest BCUT2D eigenvalue weighted by Gasteiger charge is -2.38. The van der Waals surface area contributed by atoms with Crippen molar-refractivity contribution in [1.29, 1.82) is 0 Å². The molecule has 1 heterocycles. The molecule has 0 aromatic heterocycles. The lowest BCUT2D eigenvalue weighted by molar-refractivity contribution is -0.144. The molecule has 0 spiro atoms. The van der Waals surface area contributed by atoms with Gasteiger partial charge in [0, 0.05) is 32.7 Å². The molecule has 0 bridgehead atoms. The smallest absolute Gasteiger partial charge is 0.325 e. The number of aliphatic carboxylic acids is 1. The summed E-state index contributed by atoms with van der Waals surface area (Å²) >= 11 is 0. The maximum atomic E-state index is 11.9. The average molecular weight is 332 g/mol. The van der Waals surface area contributed by atoms with E-state index in [-0.39, 0.29) is 5.41 Å². The van der Waals surface area contributed by atoms with Crippen LogP contribution in [0.15, 0.2) is 24.3 Å². The van der Waals surface area contributed by atoms with Crippen LogP contribution >= 0.6 is 0 Å². The minimum atomic E-state index is -0.754. The Hall–Kier alpha value is -1.39. The summed E-state index contributed by atoms with van der Waals surface area (Å²) in [5.41, 5.74) is 2.20. The summed E-state index contributed by atoms with van der Waals surface area (Å²) in [6.07, 6.45) is 0. The number of carbonyl (C=O) groups is 1. The van der Waals surface area contributed by atoms with E-state index in [1.165, 1.54) is 5.56 Å². The van der Waals surface area contributed by atoms with Crippen molar-refractivity contribution in [3.8, 4) is 0 Å². The number of rotatable bonds is 5. The van der Waals surface area contributed by atoms with Crippen LogP contribution in [0.25, 0.3) is 0 Å². The van der Waals surface area contributed by atoms with Crippen molar-refractivity contribution in [1.82, 2.24) is 9.80 Å². The van der Waals surface area contributed by atoms with Crippen LogP contribution in [0.1, 0.15) is 51.8 Å². The number of hydrogen-bond acceptors (Lipinski definition) is 3. The molecule has 1 unspecified atom stereocenters. The van der Waals surface area contributed by atoms with Gasteiger partial charge in [-0.3, -0.25) is 9.69 Å². The van der Waals surface area contributed by atoms with Gasteiger partial charge in [-0.15, -0.1) is 0 Å². The van der Waals surface area contributed by atoms with Crippen molar-refractivity contribution < 1.29 is 9.90 Å². The highest BCUT2D eigenvalue weighted by Gasteiger charge is 2.30. The molecule has 1 aliphatic rings. The van der Waals surface area contributed by atoms with Crippen LogP contribution in [-0.4, -0.2) is 53.6 Å². The molecule has 1 saturated heterocycles. The van der Waals surface area contributed by atoms with Crippen molar-refractivity contribution in [3.63, 3.8) is 0 Å². The number of benzene rings is 1. The highest BCUT2D eigenvalue weighted by molar-refractivity contribution is 5.75. The van der Waals surface area contributed by atoms with Gasteiger partial charge < -0.3 is 10.0 Å². The Kier molecular flexibility index (Phi) is 6.05. The first-order chi connectivity index (χ1) is 11.2. The van der Waals surface area contributed by atoms with Crippen molar-refractivity contribution in [2.75, 3.05) is 32.7 Å². The predicted octanol–water partition coefficient (Wildman–Crippen LogP) is 3.38. The molecule has 2 rings (SSSR count). The van der Waals surface area contributed by atoms with E-state index < -0.39 is 12.0 Å². The van der Waals surface area contributed by atoms with Gasteiger partial charge in [0.25, 0.3) is 0 Å². The van der Waals surface area contributed by atoms with E-state index >= 15 is 0 Å². The van der Waals surface area contributed by atoms with Gasteiger partial charge in [0.1, 0.15) is 6.04 Å². The predicted molar refractivity (Wildman–Crippen MR) is 98.4 cm³/mol. The summed E-state index contributed by atoms with van der Waals surface area (Å²) in [6, 6.07) is 7.57. The molecule has 1 aromatic carbocycles. The van der Waals surface area contributed by atoms with Crippen LogP contribution in [0.5, 0.6) is 0 Å². The Morgan fingerprint density at radius 1 is 1.08 bits per heavy atom. The lowest BCUT2D eigenvalue weighted by Crippen LogP contribution is -2.49. The summed E-state index contributed by atoms with van der Waals surface area (Å²) in [5.74, 6) is -0.104. The van der Waals surface area contributed by atoms with Gasteiger partial charge in [-0.25, -0.2) is 0 Å². The second-order valence-electron chi connectivity index (χ2n) is 8.34. The fourth-order valence-corrected chi connectivity index (χ4v) is 3.40. The summed E-state index contributed by atoms with van der Waals surface area (Å²) in [5, 5.41) is 9.76. The van der Waals surface area contributed by atoms with E-state index in [4.69, 9.17) is 0 Å². The molecule has 1 N–H and O–H groups in total. The van der Waals surface area contributed by atoms with Gasteiger partial charge in [0.2, 0.25) is 0 Å². The molecule has 134 valence electrons. The number of carboxylic acid groups (broad SMARTS) is 1. The van der Waals surface area contributed by atoms with E-state index in [0.717, 1.165) is 38.3 Å². The van der Waals surface area contributed by atoms with Gasteiger partial charge in [-0.2, -0.15) is 0 Å². The monoisotopic (exact) mass is 332 g/mol. The third kappa shape index (κ3) is 4.81. The third-order valence-corrected chi connectivity index (χ3v) is 4.72. The number of hydrogen-bond donors (Lipinski definition) is 1. The highest BCUT2D eigenvalue weighted by atomic mass is 16.4. The van der Waals surface area contributed by atoms with Crippen LogP contribution in [0.4, 0.5) is 0 Å². The SMILES string of the molecule is CC(C)CN1CCN(C(C(=O)O)c2ccc(C(C)(C)C)cc2)CC1. The topological polar surface area (TPSA) is 43.8 Å². The van der Waals surface area contributed by atoms with E-state index in [9.17, 15) is 9.90 Å². The Bertz CT molecular complexity index is 538. The second-order valence-corrected chi connectivity index (χ2v) is 8.34. The van der Waals surface area contributed by atoms with Gasteiger partial charge >= 0.3 is 5.97 Å². The molecular weight excluding hydrogens is 300 g/mol. The fourth-order valence-electron chi connectivity index (χ4n) is 3.40. The Balaban J connectivity index is 2.09. The minimum Gasteiger partial charge on any atom is -0.480 e. The first kappa shape index (κ1) is 18.9. The van der Waals surface area contributed by atoms with Crippen LogP contribution in [0, 0.1) is 5.92 Å². The van der Waals surface area contributed by atoms with Crippen molar-refractivity contribution >= 4 is 5.97 Å². The molecule has 0 aliphatic carbocycles. The lowest BCUT2D eigenvalue weighted by atomic mass is 9.86. The maximum absolute atomic E-state index is 11.9. The first-order valence-corrected chi connectivity index (χ1v) is 8.98. The molecule has 4 heteroatoms. The van der Waals surface area contributed by atoms with Crippen molar-refractivity contribution in [2.24, 2.45) is 5.92 Å². The third-order valence-electron chi connectivity index (χ3n) is 4.72. The van der Waals surface area contributed by atoms with E-state index in [2.05, 4.69) is 56.6 Å². The van der Waals surface area contributed by atoms with Gasteiger partial charge in [0.15, 0.2) is 0 Å². The molecule has 1 aliphatic heterocycles. The van der Waals surface area contributed by atoms with Crippen LogP contribution < -0.4 is 0 Å². The van der Waals surface area contributed by atoms with Gasteiger partial charge in [-0.05, 0) is 22.5 Å². The fraction of sp³-hybridized carbons (Fsp3) is 0.650. The van der Waals surface area contributed by atoms with E-state index in [0.29, 0.717) is 5.92 Å². The molecule has 24 heavy (non-hydrogen) atoms. The Morgan fingerprint density at radius 3 is 2.04 bits per heavy atom. The normalized spacial score (nSPS) is 18.8. The van der Waals surface area contributed by atoms with Crippen LogP contribution in [0.2, 0.25) is 0 Å². The standard InChI is InChI=1S/C20H32N2O2/c1-15(2)14-21-10-12-22(13-11-21)18(19(23)24)16-6-8-17(9-7-16)20(3,4)5/h6-9,15,18H,10-14H2,1-5H3,(H,23,24). The molecule has 4 nitrogen and oxygen atoms in total. The molecule has 1 aromatic rings. The van der Waals surface area contributed by atoms with Crippen molar-refractivity contribution in [3.05, 3.63) is 35.4 Å². The zero-order chi connectivity index (χ0) is 17.9. The zero-order valence-electron chi connectivity index (χ0n) is 15.7. The molecule has 0 amide bonds. The Labute approximate surface area is 146 Å². The van der Waals surface area contributed by atoms with Crippen LogP contribution in [-0.2, 0) is 10.2 Å². The molecular formula is C20H32N2O2. The summed E-state index contributed by atoms with van der Waals surface area (Å²) in [7, 11) is 0. The van der Waals surface area contributed by atoms with E-state index in [1.807, 2.05) is 12.1 Å². The second kappa shape index (κ2) is 7.66. The molecule has 0 radical (unpaired) electrons. The van der Waals surface area contributed by atoms with Gasteiger partial charge in [-0.1, -0.05) is 58.9 Å². The number of nitrogens with zero attached hydrogens (tertiary/aromatic N) is 2. The average Bonchev–Trinajstić information content (AvgIpc) is 2.48.